The topological polar surface area (TPSA) is 84.2 Å². The van der Waals surface area contributed by atoms with E-state index in [1.807, 2.05) is 19.9 Å². The number of amides is 2. The van der Waals surface area contributed by atoms with Crippen LogP contribution < -0.4 is 16.4 Å². The number of hydrogen-bond donors (Lipinski definition) is 3. The van der Waals surface area contributed by atoms with Gasteiger partial charge in [-0.05, 0) is 36.5 Å². The second kappa shape index (κ2) is 10.6. The summed E-state index contributed by atoms with van der Waals surface area (Å²) in [5.74, 6) is -0.825. The molecule has 4 N–H and O–H groups in total. The second-order valence-corrected chi connectivity index (χ2v) is 7.62. The van der Waals surface area contributed by atoms with Crippen LogP contribution in [-0.4, -0.2) is 30.9 Å². The Morgan fingerprint density at radius 1 is 1.19 bits per heavy atom. The van der Waals surface area contributed by atoms with Crippen LogP contribution in [0.15, 0.2) is 24.3 Å². The molecule has 7 heteroatoms. The lowest BCUT2D eigenvalue weighted by atomic mass is 9.69. The summed E-state index contributed by atoms with van der Waals surface area (Å²) in [6, 6.07) is 6.03. The van der Waals surface area contributed by atoms with Crippen molar-refractivity contribution in [3.63, 3.8) is 0 Å². The van der Waals surface area contributed by atoms with Gasteiger partial charge in [0.2, 0.25) is 11.8 Å². The number of halogens is 2. The minimum absolute atomic E-state index is 0. The summed E-state index contributed by atoms with van der Waals surface area (Å²) >= 11 is 0. The molecule has 2 amide bonds. The Bertz CT molecular complexity index is 633. The van der Waals surface area contributed by atoms with Crippen molar-refractivity contribution in [1.82, 2.24) is 10.6 Å². The minimum Gasteiger partial charge on any atom is -0.354 e. The zero-order chi connectivity index (χ0) is 19.2. The molecule has 0 aliphatic heterocycles. The Morgan fingerprint density at radius 3 is 2.44 bits per heavy atom. The SMILES string of the molecule is CC(C)[C@H](N)C(=O)NCC(=O)NCC1(c2cccc(F)c2)CCCCC1.Cl. The molecule has 1 aromatic rings. The maximum atomic E-state index is 13.7. The van der Waals surface area contributed by atoms with Gasteiger partial charge < -0.3 is 16.4 Å². The van der Waals surface area contributed by atoms with E-state index in [0.717, 1.165) is 37.7 Å². The Kier molecular flexibility index (Phi) is 9.19. The largest absolute Gasteiger partial charge is 0.354 e. The van der Waals surface area contributed by atoms with E-state index in [1.54, 1.807) is 12.1 Å². The van der Waals surface area contributed by atoms with Gasteiger partial charge >= 0.3 is 0 Å². The van der Waals surface area contributed by atoms with Crippen molar-refractivity contribution >= 4 is 24.2 Å². The fourth-order valence-electron chi connectivity index (χ4n) is 3.53. The molecule has 1 saturated carbocycles. The molecule has 152 valence electrons. The molecule has 0 unspecified atom stereocenters. The van der Waals surface area contributed by atoms with Crippen molar-refractivity contribution in [2.45, 2.75) is 57.4 Å². The fraction of sp³-hybridized carbons (Fsp3) is 0.600. The van der Waals surface area contributed by atoms with E-state index in [2.05, 4.69) is 10.6 Å². The molecule has 5 nitrogen and oxygen atoms in total. The van der Waals surface area contributed by atoms with E-state index < -0.39 is 6.04 Å². The number of nitrogens with two attached hydrogens (primary N) is 1. The predicted octanol–water partition coefficient (Wildman–Crippen LogP) is 2.67. The van der Waals surface area contributed by atoms with Gasteiger partial charge in [0.05, 0.1) is 12.6 Å². The van der Waals surface area contributed by atoms with Gasteiger partial charge in [0, 0.05) is 12.0 Å². The van der Waals surface area contributed by atoms with Crippen molar-refractivity contribution < 1.29 is 14.0 Å². The number of rotatable bonds is 7. The third-order valence-electron chi connectivity index (χ3n) is 5.32. The molecular weight excluding hydrogens is 369 g/mol. The monoisotopic (exact) mass is 399 g/mol. The highest BCUT2D eigenvalue weighted by Gasteiger charge is 2.34. The van der Waals surface area contributed by atoms with E-state index in [1.165, 1.54) is 6.07 Å². The molecule has 1 atom stereocenters. The van der Waals surface area contributed by atoms with Crippen LogP contribution in [0.4, 0.5) is 4.39 Å². The second-order valence-electron chi connectivity index (χ2n) is 7.62. The van der Waals surface area contributed by atoms with Crippen molar-refractivity contribution in [2.75, 3.05) is 13.1 Å². The molecular formula is C20H31ClFN3O2. The van der Waals surface area contributed by atoms with Crippen LogP contribution >= 0.6 is 12.4 Å². The molecule has 0 spiro atoms. The van der Waals surface area contributed by atoms with Gasteiger partial charge in [0.1, 0.15) is 5.82 Å². The van der Waals surface area contributed by atoms with Gasteiger partial charge in [-0.2, -0.15) is 0 Å². The van der Waals surface area contributed by atoms with Gasteiger partial charge in [0.25, 0.3) is 0 Å². The van der Waals surface area contributed by atoms with Crippen molar-refractivity contribution in [1.29, 1.82) is 0 Å². The standard InChI is InChI=1S/C20H30FN3O2.ClH/c1-14(2)18(22)19(26)23-12-17(25)24-13-20(9-4-3-5-10-20)15-7-6-8-16(21)11-15;/h6-8,11,14,18H,3-5,9-10,12-13,22H2,1-2H3,(H,23,26)(H,24,25);1H/t18-;/m0./s1. The van der Waals surface area contributed by atoms with Crippen LogP contribution in [-0.2, 0) is 15.0 Å². The summed E-state index contributed by atoms with van der Waals surface area (Å²) < 4.78 is 13.7. The van der Waals surface area contributed by atoms with Crippen LogP contribution in [0.1, 0.15) is 51.5 Å². The molecule has 2 rings (SSSR count). The van der Waals surface area contributed by atoms with E-state index in [9.17, 15) is 14.0 Å². The number of nitrogens with one attached hydrogen (secondary N) is 2. The number of benzene rings is 1. The zero-order valence-corrected chi connectivity index (χ0v) is 16.9. The number of carbonyl (C=O) groups is 2. The lowest BCUT2D eigenvalue weighted by Crippen LogP contribution is -2.49. The third-order valence-corrected chi connectivity index (χ3v) is 5.32. The zero-order valence-electron chi connectivity index (χ0n) is 16.1. The smallest absolute Gasteiger partial charge is 0.239 e. The van der Waals surface area contributed by atoms with Crippen molar-refractivity contribution in [3.05, 3.63) is 35.6 Å². The highest BCUT2D eigenvalue weighted by Crippen LogP contribution is 2.39. The Labute approximate surface area is 167 Å². The molecule has 1 aliphatic rings. The Hall–Kier alpha value is -1.66. The van der Waals surface area contributed by atoms with Gasteiger partial charge in [-0.25, -0.2) is 4.39 Å². The number of carbonyl (C=O) groups excluding carboxylic acids is 2. The van der Waals surface area contributed by atoms with Crippen LogP contribution in [0.2, 0.25) is 0 Å². The first-order chi connectivity index (χ1) is 12.3. The quantitative estimate of drug-likeness (QED) is 0.659. The van der Waals surface area contributed by atoms with E-state index >= 15 is 0 Å². The van der Waals surface area contributed by atoms with Gasteiger partial charge in [-0.15, -0.1) is 12.4 Å². The molecule has 0 radical (unpaired) electrons. The van der Waals surface area contributed by atoms with E-state index in [-0.39, 0.29) is 47.9 Å². The summed E-state index contributed by atoms with van der Waals surface area (Å²) in [7, 11) is 0. The first-order valence-electron chi connectivity index (χ1n) is 9.40. The van der Waals surface area contributed by atoms with Crippen LogP contribution in [0.5, 0.6) is 0 Å². The number of hydrogen-bond acceptors (Lipinski definition) is 3. The first-order valence-corrected chi connectivity index (χ1v) is 9.40. The maximum Gasteiger partial charge on any atom is 0.239 e. The normalized spacial score (nSPS) is 16.9. The highest BCUT2D eigenvalue weighted by molar-refractivity contribution is 5.87. The average Bonchev–Trinajstić information content (AvgIpc) is 2.64. The minimum atomic E-state index is -0.625. The van der Waals surface area contributed by atoms with E-state index in [4.69, 9.17) is 5.73 Å². The first kappa shape index (κ1) is 23.4. The molecule has 0 bridgehead atoms. The van der Waals surface area contributed by atoms with Gasteiger partial charge in [-0.3, -0.25) is 9.59 Å². The summed E-state index contributed by atoms with van der Waals surface area (Å²) in [4.78, 5) is 24.0. The van der Waals surface area contributed by atoms with E-state index in [0.29, 0.717) is 6.54 Å². The van der Waals surface area contributed by atoms with Gasteiger partial charge in [-0.1, -0.05) is 45.2 Å². The Balaban J connectivity index is 0.00000364. The Morgan fingerprint density at radius 2 is 1.85 bits per heavy atom. The molecule has 1 fully saturated rings. The molecule has 1 aromatic carbocycles. The summed E-state index contributed by atoms with van der Waals surface area (Å²) in [6.07, 6.45) is 5.12. The molecule has 27 heavy (non-hydrogen) atoms. The lowest BCUT2D eigenvalue weighted by Gasteiger charge is -2.38. The van der Waals surface area contributed by atoms with Crippen LogP contribution in [0.25, 0.3) is 0 Å². The van der Waals surface area contributed by atoms with Crippen molar-refractivity contribution in [3.8, 4) is 0 Å². The highest BCUT2D eigenvalue weighted by atomic mass is 35.5. The summed E-state index contributed by atoms with van der Waals surface area (Å²) in [5, 5.41) is 5.49. The maximum absolute atomic E-state index is 13.7. The van der Waals surface area contributed by atoms with Crippen LogP contribution in [0, 0.1) is 11.7 Å². The predicted molar refractivity (Wildman–Crippen MR) is 107 cm³/mol. The molecule has 0 aromatic heterocycles. The third kappa shape index (κ3) is 6.47. The van der Waals surface area contributed by atoms with Crippen LogP contribution in [0.3, 0.4) is 0 Å². The van der Waals surface area contributed by atoms with Crippen molar-refractivity contribution in [2.24, 2.45) is 11.7 Å². The fourth-order valence-corrected chi connectivity index (χ4v) is 3.53. The molecule has 0 saturated heterocycles. The summed E-state index contributed by atoms with van der Waals surface area (Å²) in [6.45, 7) is 4.06. The van der Waals surface area contributed by atoms with Gasteiger partial charge in [0.15, 0.2) is 0 Å². The average molecular weight is 400 g/mol. The molecule has 1 aliphatic carbocycles. The lowest BCUT2D eigenvalue weighted by molar-refractivity contribution is -0.127. The molecule has 0 heterocycles. The summed E-state index contributed by atoms with van der Waals surface area (Å²) in [5.41, 5.74) is 6.46.